The zero-order valence-electron chi connectivity index (χ0n) is 33.8. The highest BCUT2D eigenvalue weighted by Crippen LogP contribution is 2.64. The van der Waals surface area contributed by atoms with Crippen LogP contribution in [0.25, 0.3) is 33.0 Å². The van der Waals surface area contributed by atoms with Gasteiger partial charge in [-0.15, -0.1) is 0 Å². The van der Waals surface area contributed by atoms with Crippen molar-refractivity contribution >= 4 is 44.9 Å². The third kappa shape index (κ3) is 4.23. The summed E-state index contributed by atoms with van der Waals surface area (Å²) in [5, 5.41) is 2.37. The SMILES string of the molecule is CC1(C)c2ccccc2-c2ccc(N(c3ccc4c(c3)C(C)(C)c3ccccc3-4)c3ccc4c5c3Oc3ccc6ccccc6c3N5c3ccccc3C4(C)C)cc21. The molecule has 4 aliphatic rings. The Balaban J connectivity index is 1.14. The zero-order valence-corrected chi connectivity index (χ0v) is 33.8. The second-order valence-electron chi connectivity index (χ2n) is 18.2. The normalized spacial score (nSPS) is 16.3. The summed E-state index contributed by atoms with van der Waals surface area (Å²) in [6.07, 6.45) is 0. The van der Waals surface area contributed by atoms with Crippen LogP contribution in [-0.4, -0.2) is 0 Å². The smallest absolute Gasteiger partial charge is 0.175 e. The summed E-state index contributed by atoms with van der Waals surface area (Å²) in [6, 6.07) is 58.7. The van der Waals surface area contributed by atoms with Crippen LogP contribution in [0.2, 0.25) is 0 Å². The first-order valence-electron chi connectivity index (χ1n) is 20.6. The predicted octanol–water partition coefficient (Wildman–Crippen LogP) is 15.1. The van der Waals surface area contributed by atoms with Crippen LogP contribution in [0, 0.1) is 0 Å². The minimum absolute atomic E-state index is 0.152. The van der Waals surface area contributed by atoms with Gasteiger partial charge in [0.1, 0.15) is 0 Å². The maximum atomic E-state index is 7.38. The molecule has 2 aliphatic heterocycles. The lowest BCUT2D eigenvalue weighted by molar-refractivity contribution is 0.473. The summed E-state index contributed by atoms with van der Waals surface area (Å²) in [5.41, 5.74) is 19.3. The molecule has 0 radical (unpaired) electrons. The fourth-order valence-corrected chi connectivity index (χ4v) is 11.0. The molecule has 0 saturated carbocycles. The summed E-state index contributed by atoms with van der Waals surface area (Å²) in [6.45, 7) is 14.2. The van der Waals surface area contributed by atoms with Gasteiger partial charge in [-0.3, -0.25) is 0 Å². The molecule has 3 heteroatoms. The Morgan fingerprint density at radius 3 is 1.62 bits per heavy atom. The number of anilines is 6. The lowest BCUT2D eigenvalue weighted by atomic mass is 9.73. The molecule has 0 bridgehead atoms. The fourth-order valence-electron chi connectivity index (χ4n) is 11.0. The van der Waals surface area contributed by atoms with E-state index in [4.69, 9.17) is 4.74 Å². The van der Waals surface area contributed by atoms with Crippen molar-refractivity contribution in [2.75, 3.05) is 9.80 Å². The Bertz CT molecular complexity index is 2990. The number of fused-ring (bicyclic) bond motifs is 12. The molecule has 3 nitrogen and oxygen atoms in total. The van der Waals surface area contributed by atoms with E-state index in [1.54, 1.807) is 0 Å². The van der Waals surface area contributed by atoms with Crippen molar-refractivity contribution in [3.8, 4) is 33.8 Å². The van der Waals surface area contributed by atoms with Crippen molar-refractivity contribution in [3.05, 3.63) is 191 Å². The standard InChI is InChI=1S/C55H44N2O/c1-53(2)41-19-11-9-17-37(41)39-26-24-34(31-45(39)53)56(35-25-27-40-38-18-10-12-20-42(38)54(3,4)46(40)32-35)48-29-28-44-51-52(48)58-49-30-23-33-15-7-8-16-36(33)50(49)57(51)47-22-14-13-21-43(47)55(44,5)6/h7-32H,1-6H3. The quantitative estimate of drug-likeness (QED) is 0.179. The Kier molecular flexibility index (Phi) is 6.53. The van der Waals surface area contributed by atoms with Gasteiger partial charge in [-0.05, 0) is 103 Å². The summed E-state index contributed by atoms with van der Waals surface area (Å²) < 4.78 is 7.38. The topological polar surface area (TPSA) is 15.7 Å². The minimum Gasteiger partial charge on any atom is -0.451 e. The maximum Gasteiger partial charge on any atom is 0.175 e. The first kappa shape index (κ1) is 33.5. The van der Waals surface area contributed by atoms with Gasteiger partial charge in [-0.2, -0.15) is 0 Å². The van der Waals surface area contributed by atoms with Gasteiger partial charge >= 0.3 is 0 Å². The van der Waals surface area contributed by atoms with Gasteiger partial charge < -0.3 is 14.5 Å². The molecule has 0 spiro atoms. The number of para-hydroxylation sites is 1. The Morgan fingerprint density at radius 1 is 0.431 bits per heavy atom. The third-order valence-corrected chi connectivity index (χ3v) is 14.0. The van der Waals surface area contributed by atoms with Gasteiger partial charge in [0, 0.05) is 33.0 Å². The molecule has 0 N–H and O–H groups in total. The molecule has 58 heavy (non-hydrogen) atoms. The molecule has 0 unspecified atom stereocenters. The van der Waals surface area contributed by atoms with E-state index in [1.807, 2.05) is 0 Å². The zero-order chi connectivity index (χ0) is 39.3. The van der Waals surface area contributed by atoms with Crippen molar-refractivity contribution in [3.63, 3.8) is 0 Å². The van der Waals surface area contributed by atoms with Gasteiger partial charge in [0.25, 0.3) is 0 Å². The fraction of sp³-hybridized carbons (Fsp3) is 0.164. The second kappa shape index (κ2) is 11.3. The van der Waals surface area contributed by atoms with Crippen LogP contribution >= 0.6 is 0 Å². The van der Waals surface area contributed by atoms with Crippen LogP contribution in [0.1, 0.15) is 74.9 Å². The van der Waals surface area contributed by atoms with Gasteiger partial charge in [-0.1, -0.05) is 157 Å². The number of rotatable bonds is 3. The van der Waals surface area contributed by atoms with Crippen molar-refractivity contribution in [2.45, 2.75) is 57.8 Å². The van der Waals surface area contributed by atoms with E-state index in [0.717, 1.165) is 39.9 Å². The van der Waals surface area contributed by atoms with Crippen molar-refractivity contribution < 1.29 is 4.74 Å². The number of hydrogen-bond acceptors (Lipinski definition) is 3. The van der Waals surface area contributed by atoms with Gasteiger partial charge in [-0.25, -0.2) is 0 Å². The lowest BCUT2D eigenvalue weighted by Gasteiger charge is -2.46. The largest absolute Gasteiger partial charge is 0.451 e. The van der Waals surface area contributed by atoms with E-state index in [2.05, 4.69) is 209 Å². The van der Waals surface area contributed by atoms with Crippen molar-refractivity contribution in [2.24, 2.45) is 0 Å². The van der Waals surface area contributed by atoms with E-state index in [-0.39, 0.29) is 16.2 Å². The number of ether oxygens (including phenoxy) is 1. The van der Waals surface area contributed by atoms with Crippen LogP contribution in [0.5, 0.6) is 11.5 Å². The van der Waals surface area contributed by atoms with Crippen LogP contribution in [0.3, 0.4) is 0 Å². The van der Waals surface area contributed by atoms with Crippen molar-refractivity contribution in [1.82, 2.24) is 0 Å². The average Bonchev–Trinajstić information content (AvgIpc) is 3.61. The molecule has 8 aromatic carbocycles. The second-order valence-corrected chi connectivity index (χ2v) is 18.2. The monoisotopic (exact) mass is 748 g/mol. The van der Waals surface area contributed by atoms with Gasteiger partial charge in [0.15, 0.2) is 11.5 Å². The molecular weight excluding hydrogens is 705 g/mol. The number of nitrogens with zero attached hydrogens (tertiary/aromatic N) is 2. The number of hydrogen-bond donors (Lipinski definition) is 0. The molecule has 2 heterocycles. The summed E-state index contributed by atoms with van der Waals surface area (Å²) in [4.78, 5) is 4.96. The summed E-state index contributed by atoms with van der Waals surface area (Å²) >= 11 is 0. The van der Waals surface area contributed by atoms with E-state index in [0.29, 0.717) is 0 Å². The highest BCUT2D eigenvalue weighted by atomic mass is 16.5. The number of benzene rings is 8. The Morgan fingerprint density at radius 2 is 0.966 bits per heavy atom. The first-order chi connectivity index (χ1) is 28.0. The Hall–Kier alpha value is -6.58. The summed E-state index contributed by atoms with van der Waals surface area (Å²) in [7, 11) is 0. The molecule has 280 valence electrons. The van der Waals surface area contributed by atoms with Crippen LogP contribution in [-0.2, 0) is 16.2 Å². The van der Waals surface area contributed by atoms with E-state index in [1.165, 1.54) is 72.1 Å². The first-order valence-corrected chi connectivity index (χ1v) is 20.6. The molecule has 0 atom stereocenters. The van der Waals surface area contributed by atoms with E-state index < -0.39 is 0 Å². The molecule has 12 rings (SSSR count). The molecule has 0 saturated heterocycles. The van der Waals surface area contributed by atoms with Crippen LogP contribution in [0.4, 0.5) is 34.1 Å². The van der Waals surface area contributed by atoms with E-state index in [9.17, 15) is 0 Å². The molecule has 0 amide bonds. The highest BCUT2D eigenvalue weighted by molar-refractivity contribution is 6.07. The van der Waals surface area contributed by atoms with Gasteiger partial charge in [0.2, 0.25) is 0 Å². The highest BCUT2D eigenvalue weighted by Gasteiger charge is 2.44. The minimum atomic E-state index is -0.265. The average molecular weight is 749 g/mol. The predicted molar refractivity (Wildman–Crippen MR) is 241 cm³/mol. The van der Waals surface area contributed by atoms with E-state index >= 15 is 0 Å². The molecule has 0 aromatic heterocycles. The molecule has 8 aromatic rings. The maximum absolute atomic E-state index is 7.38. The summed E-state index contributed by atoms with van der Waals surface area (Å²) in [5.74, 6) is 1.73. The van der Waals surface area contributed by atoms with Crippen LogP contribution < -0.4 is 14.5 Å². The third-order valence-electron chi connectivity index (χ3n) is 14.0. The van der Waals surface area contributed by atoms with Crippen LogP contribution in [0.15, 0.2) is 158 Å². The Labute approximate surface area is 340 Å². The lowest BCUT2D eigenvalue weighted by Crippen LogP contribution is -2.33. The molecule has 2 aliphatic carbocycles. The molecule has 0 fully saturated rings. The van der Waals surface area contributed by atoms with Crippen molar-refractivity contribution in [1.29, 1.82) is 0 Å². The molecular formula is C55H44N2O. The van der Waals surface area contributed by atoms with Gasteiger partial charge in [0.05, 0.1) is 22.7 Å².